The third-order valence-corrected chi connectivity index (χ3v) is 6.22. The maximum atomic E-state index is 13.3. The molecule has 1 saturated heterocycles. The Labute approximate surface area is 168 Å². The van der Waals surface area contributed by atoms with Crippen LogP contribution in [-0.2, 0) is 4.79 Å². The van der Waals surface area contributed by atoms with Gasteiger partial charge in [0.2, 0.25) is 0 Å². The molecule has 3 aromatic rings. The molecule has 2 aromatic heterocycles. The summed E-state index contributed by atoms with van der Waals surface area (Å²) in [7, 11) is 0. The molecule has 1 aromatic carbocycles. The van der Waals surface area contributed by atoms with Crippen LogP contribution in [0, 0.1) is 5.92 Å². The Morgan fingerprint density at radius 1 is 1.14 bits per heavy atom. The van der Waals surface area contributed by atoms with Crippen LogP contribution in [-0.4, -0.2) is 35.2 Å². The van der Waals surface area contributed by atoms with Gasteiger partial charge in [-0.25, -0.2) is 0 Å². The third-order valence-electron chi connectivity index (χ3n) is 5.32. The number of thiophene rings is 1. The number of amides is 1. The maximum Gasteiger partial charge on any atom is 0.256 e. The van der Waals surface area contributed by atoms with Gasteiger partial charge < -0.3 is 9.69 Å². The van der Waals surface area contributed by atoms with E-state index in [1.54, 1.807) is 17.5 Å². The van der Waals surface area contributed by atoms with Crippen molar-refractivity contribution in [2.45, 2.75) is 19.3 Å². The van der Waals surface area contributed by atoms with Crippen molar-refractivity contribution in [3.8, 4) is 21.7 Å². The lowest BCUT2D eigenvalue weighted by molar-refractivity contribution is -0.108. The Bertz CT molecular complexity index is 946. The minimum absolute atomic E-state index is 0.0219. The van der Waals surface area contributed by atoms with Crippen LogP contribution in [0.25, 0.3) is 21.7 Å². The highest BCUT2D eigenvalue weighted by atomic mass is 32.1. The summed E-state index contributed by atoms with van der Waals surface area (Å²) >= 11 is 1.64. The molecule has 1 aliphatic rings. The van der Waals surface area contributed by atoms with Crippen molar-refractivity contribution >= 4 is 23.5 Å². The van der Waals surface area contributed by atoms with E-state index in [2.05, 4.69) is 4.98 Å². The predicted octanol–water partition coefficient (Wildman–Crippen LogP) is 4.92. The van der Waals surface area contributed by atoms with Gasteiger partial charge in [-0.05, 0) is 47.4 Å². The molecule has 0 N–H and O–H groups in total. The van der Waals surface area contributed by atoms with Crippen molar-refractivity contribution in [1.29, 1.82) is 0 Å². The number of piperidine rings is 1. The summed E-state index contributed by atoms with van der Waals surface area (Å²) < 4.78 is 0. The van der Waals surface area contributed by atoms with E-state index < -0.39 is 0 Å². The van der Waals surface area contributed by atoms with E-state index in [1.807, 2.05) is 58.8 Å². The van der Waals surface area contributed by atoms with E-state index in [0.717, 1.165) is 40.8 Å². The zero-order valence-corrected chi connectivity index (χ0v) is 16.4. The molecule has 4 rings (SSSR count). The molecular formula is C23H22N2O2S. The van der Waals surface area contributed by atoms with Gasteiger partial charge in [0.25, 0.3) is 5.91 Å². The monoisotopic (exact) mass is 390 g/mol. The normalized spacial score (nSPS) is 14.8. The van der Waals surface area contributed by atoms with Gasteiger partial charge in [-0.3, -0.25) is 9.78 Å². The van der Waals surface area contributed by atoms with Crippen LogP contribution in [0.2, 0.25) is 0 Å². The minimum Gasteiger partial charge on any atom is -0.339 e. The highest BCUT2D eigenvalue weighted by molar-refractivity contribution is 7.13. The first-order valence-corrected chi connectivity index (χ1v) is 10.5. The first kappa shape index (κ1) is 18.6. The Morgan fingerprint density at radius 2 is 1.93 bits per heavy atom. The SMILES string of the molecule is O=CCC1CCN(C(=O)c2cnc(-c3cccs3)cc2-c2ccccc2)CC1. The predicted molar refractivity (Wildman–Crippen MR) is 112 cm³/mol. The molecule has 1 fully saturated rings. The lowest BCUT2D eigenvalue weighted by atomic mass is 9.93. The minimum atomic E-state index is 0.0219. The molecule has 4 nitrogen and oxygen atoms in total. The van der Waals surface area contributed by atoms with E-state index in [4.69, 9.17) is 0 Å². The van der Waals surface area contributed by atoms with Crippen LogP contribution < -0.4 is 0 Å². The van der Waals surface area contributed by atoms with Crippen molar-refractivity contribution in [3.63, 3.8) is 0 Å². The molecule has 3 heterocycles. The topological polar surface area (TPSA) is 50.3 Å². The molecular weight excluding hydrogens is 368 g/mol. The van der Waals surface area contributed by atoms with Gasteiger partial charge in [0.1, 0.15) is 6.29 Å². The summed E-state index contributed by atoms with van der Waals surface area (Å²) in [5.74, 6) is 0.420. The number of carbonyl (C=O) groups is 2. The van der Waals surface area contributed by atoms with Gasteiger partial charge in [0, 0.05) is 25.7 Å². The average molecular weight is 391 g/mol. The largest absolute Gasteiger partial charge is 0.339 e. The average Bonchev–Trinajstić information content (AvgIpc) is 3.29. The number of hydrogen-bond acceptors (Lipinski definition) is 4. The summed E-state index contributed by atoms with van der Waals surface area (Å²) in [5.41, 5.74) is 3.45. The van der Waals surface area contributed by atoms with E-state index in [-0.39, 0.29) is 5.91 Å². The van der Waals surface area contributed by atoms with Gasteiger partial charge in [-0.2, -0.15) is 0 Å². The van der Waals surface area contributed by atoms with Gasteiger partial charge >= 0.3 is 0 Å². The molecule has 1 aliphatic heterocycles. The fourth-order valence-corrected chi connectivity index (χ4v) is 4.41. The van der Waals surface area contributed by atoms with Crippen molar-refractivity contribution in [3.05, 3.63) is 65.7 Å². The van der Waals surface area contributed by atoms with Crippen molar-refractivity contribution in [2.24, 2.45) is 5.92 Å². The van der Waals surface area contributed by atoms with Gasteiger partial charge in [0.05, 0.1) is 16.1 Å². The molecule has 0 bridgehead atoms. The lowest BCUT2D eigenvalue weighted by Crippen LogP contribution is -2.38. The number of rotatable bonds is 5. The van der Waals surface area contributed by atoms with E-state index in [0.29, 0.717) is 31.0 Å². The van der Waals surface area contributed by atoms with Crippen LogP contribution in [0.4, 0.5) is 0 Å². The fraction of sp³-hybridized carbons (Fsp3) is 0.261. The molecule has 5 heteroatoms. The number of benzene rings is 1. The number of pyridine rings is 1. The molecule has 142 valence electrons. The summed E-state index contributed by atoms with van der Waals surface area (Å²) in [4.78, 5) is 31.6. The Balaban J connectivity index is 1.66. The lowest BCUT2D eigenvalue weighted by Gasteiger charge is -2.31. The smallest absolute Gasteiger partial charge is 0.256 e. The second-order valence-corrected chi connectivity index (χ2v) is 8.04. The van der Waals surface area contributed by atoms with Gasteiger partial charge in [0.15, 0.2) is 0 Å². The fourth-order valence-electron chi connectivity index (χ4n) is 3.72. The molecule has 28 heavy (non-hydrogen) atoms. The zero-order valence-electron chi connectivity index (χ0n) is 15.6. The van der Waals surface area contributed by atoms with E-state index in [9.17, 15) is 9.59 Å². The van der Waals surface area contributed by atoms with Crippen LogP contribution in [0.1, 0.15) is 29.6 Å². The van der Waals surface area contributed by atoms with Crippen molar-refractivity contribution in [1.82, 2.24) is 9.88 Å². The number of carbonyl (C=O) groups excluding carboxylic acids is 2. The summed E-state index contributed by atoms with van der Waals surface area (Å²) in [5, 5.41) is 2.03. The molecule has 1 amide bonds. The van der Waals surface area contributed by atoms with Crippen molar-refractivity contribution in [2.75, 3.05) is 13.1 Å². The third kappa shape index (κ3) is 3.90. The Morgan fingerprint density at radius 3 is 2.61 bits per heavy atom. The molecule has 0 atom stereocenters. The van der Waals surface area contributed by atoms with E-state index >= 15 is 0 Å². The summed E-state index contributed by atoms with van der Waals surface area (Å²) in [6, 6.07) is 16.1. The van der Waals surface area contributed by atoms with Crippen molar-refractivity contribution < 1.29 is 9.59 Å². The number of hydrogen-bond donors (Lipinski definition) is 0. The quantitative estimate of drug-likeness (QED) is 0.581. The van der Waals surface area contributed by atoms with Crippen LogP contribution >= 0.6 is 11.3 Å². The molecule has 0 saturated carbocycles. The number of nitrogens with zero attached hydrogens (tertiary/aromatic N) is 2. The number of aromatic nitrogens is 1. The van der Waals surface area contributed by atoms with Gasteiger partial charge in [-0.1, -0.05) is 36.4 Å². The first-order chi connectivity index (χ1) is 13.8. The first-order valence-electron chi connectivity index (χ1n) is 9.58. The van der Waals surface area contributed by atoms with Crippen LogP contribution in [0.5, 0.6) is 0 Å². The highest BCUT2D eigenvalue weighted by Crippen LogP contribution is 2.31. The molecule has 0 unspecified atom stereocenters. The van der Waals surface area contributed by atoms with Gasteiger partial charge in [-0.15, -0.1) is 11.3 Å². The van der Waals surface area contributed by atoms with Crippen LogP contribution in [0.15, 0.2) is 60.1 Å². The van der Waals surface area contributed by atoms with E-state index in [1.165, 1.54) is 0 Å². The second kappa shape index (κ2) is 8.48. The second-order valence-electron chi connectivity index (χ2n) is 7.10. The highest BCUT2D eigenvalue weighted by Gasteiger charge is 2.25. The summed E-state index contributed by atoms with van der Waals surface area (Å²) in [6.07, 6.45) is 5.06. The Hall–Kier alpha value is -2.79. The maximum absolute atomic E-state index is 13.3. The molecule has 0 radical (unpaired) electrons. The van der Waals surface area contributed by atoms with Crippen LogP contribution in [0.3, 0.4) is 0 Å². The number of aldehydes is 1. The standard InChI is InChI=1S/C23H22N2O2S/c26-13-10-17-8-11-25(12-9-17)23(27)20-16-24-21(22-7-4-14-28-22)15-19(20)18-5-2-1-3-6-18/h1-7,13-17H,8-12H2. The summed E-state index contributed by atoms with van der Waals surface area (Å²) in [6.45, 7) is 1.39. The number of likely N-dealkylation sites (tertiary alicyclic amines) is 1. The molecule has 0 spiro atoms. The molecule has 0 aliphatic carbocycles. The Kier molecular flexibility index (Phi) is 5.63. The zero-order chi connectivity index (χ0) is 19.3.